The number of amides is 1. The highest BCUT2D eigenvalue weighted by Gasteiger charge is 2.23. The highest BCUT2D eigenvalue weighted by molar-refractivity contribution is 5.76. The lowest BCUT2D eigenvalue weighted by atomic mass is 10.1. The number of benzene rings is 1. The minimum atomic E-state index is -0.429. The van der Waals surface area contributed by atoms with E-state index in [-0.39, 0.29) is 17.7 Å². The summed E-state index contributed by atoms with van der Waals surface area (Å²) < 4.78 is 5.85. The first-order valence-electron chi connectivity index (χ1n) is 7.93. The zero-order valence-electron chi connectivity index (χ0n) is 13.4. The molecule has 0 bridgehead atoms. The third-order valence-corrected chi connectivity index (χ3v) is 3.96. The van der Waals surface area contributed by atoms with Crippen LogP contribution in [0.1, 0.15) is 25.7 Å². The van der Waals surface area contributed by atoms with Crippen LogP contribution in [0.15, 0.2) is 24.3 Å². The van der Waals surface area contributed by atoms with Crippen LogP contribution in [-0.2, 0) is 4.79 Å². The summed E-state index contributed by atoms with van der Waals surface area (Å²) in [5.41, 5.74) is 0.0549. The maximum Gasteiger partial charge on any atom is 0.269 e. The van der Waals surface area contributed by atoms with Gasteiger partial charge in [-0.3, -0.25) is 14.9 Å². The molecule has 1 aliphatic heterocycles. The number of rotatable bonds is 7. The molecular weight excluding hydrogens is 298 g/mol. The molecule has 0 saturated carbocycles. The number of likely N-dealkylation sites (tertiary alicyclic amines) is 1. The molecule has 126 valence electrons. The SMILES string of the molecule is CNCCCC(=O)N1CCC(Oc2ccc([N+](=O)[O-])cc2)CC1. The Morgan fingerprint density at radius 1 is 1.35 bits per heavy atom. The summed E-state index contributed by atoms with van der Waals surface area (Å²) in [5, 5.41) is 13.7. The summed E-state index contributed by atoms with van der Waals surface area (Å²) >= 11 is 0. The first kappa shape index (κ1) is 17.2. The Balaban J connectivity index is 1.76. The van der Waals surface area contributed by atoms with Gasteiger partial charge in [0.05, 0.1) is 4.92 Å². The molecule has 0 spiro atoms. The van der Waals surface area contributed by atoms with E-state index >= 15 is 0 Å². The van der Waals surface area contributed by atoms with Crippen molar-refractivity contribution in [1.82, 2.24) is 10.2 Å². The topological polar surface area (TPSA) is 84.7 Å². The number of carbonyl (C=O) groups excluding carboxylic acids is 1. The van der Waals surface area contributed by atoms with Crippen LogP contribution in [-0.4, -0.2) is 48.5 Å². The fraction of sp³-hybridized carbons (Fsp3) is 0.562. The average molecular weight is 321 g/mol. The van der Waals surface area contributed by atoms with Crippen LogP contribution in [0.25, 0.3) is 0 Å². The van der Waals surface area contributed by atoms with Crippen LogP contribution in [0.5, 0.6) is 5.75 Å². The van der Waals surface area contributed by atoms with Crippen molar-refractivity contribution >= 4 is 11.6 Å². The van der Waals surface area contributed by atoms with E-state index in [1.54, 1.807) is 12.1 Å². The maximum atomic E-state index is 12.0. The lowest BCUT2D eigenvalue weighted by Gasteiger charge is -2.32. The summed E-state index contributed by atoms with van der Waals surface area (Å²) in [4.78, 5) is 24.1. The van der Waals surface area contributed by atoms with Gasteiger partial charge < -0.3 is 15.0 Å². The van der Waals surface area contributed by atoms with Crippen molar-refractivity contribution in [2.24, 2.45) is 0 Å². The second-order valence-corrected chi connectivity index (χ2v) is 5.66. The van der Waals surface area contributed by atoms with E-state index in [0.717, 1.165) is 25.8 Å². The molecule has 1 aromatic rings. The highest BCUT2D eigenvalue weighted by Crippen LogP contribution is 2.22. The van der Waals surface area contributed by atoms with Gasteiger partial charge in [0, 0.05) is 44.5 Å². The Hall–Kier alpha value is -2.15. The molecule has 1 N–H and O–H groups in total. The normalized spacial score (nSPS) is 15.4. The molecule has 0 aliphatic carbocycles. The number of piperidine rings is 1. The van der Waals surface area contributed by atoms with Crippen molar-refractivity contribution < 1.29 is 14.5 Å². The van der Waals surface area contributed by atoms with Crippen LogP contribution in [0.3, 0.4) is 0 Å². The Bertz CT molecular complexity index is 525. The lowest BCUT2D eigenvalue weighted by molar-refractivity contribution is -0.384. The van der Waals surface area contributed by atoms with Gasteiger partial charge in [0.25, 0.3) is 5.69 Å². The second kappa shape index (κ2) is 8.47. The zero-order valence-corrected chi connectivity index (χ0v) is 13.4. The van der Waals surface area contributed by atoms with E-state index in [0.29, 0.717) is 25.3 Å². The number of hydrogen-bond acceptors (Lipinski definition) is 5. The largest absolute Gasteiger partial charge is 0.490 e. The zero-order chi connectivity index (χ0) is 16.7. The predicted octanol–water partition coefficient (Wildman–Crippen LogP) is 1.96. The Labute approximate surface area is 135 Å². The summed E-state index contributed by atoms with van der Waals surface area (Å²) in [5.74, 6) is 0.837. The molecular formula is C16H23N3O4. The van der Waals surface area contributed by atoms with Crippen molar-refractivity contribution in [2.75, 3.05) is 26.7 Å². The van der Waals surface area contributed by atoms with Gasteiger partial charge in [-0.05, 0) is 32.1 Å². The smallest absolute Gasteiger partial charge is 0.269 e. The number of nitrogens with one attached hydrogen (secondary N) is 1. The average Bonchev–Trinajstić information content (AvgIpc) is 2.56. The standard InChI is InChI=1S/C16H23N3O4/c1-17-10-2-3-16(20)18-11-8-15(9-12-18)23-14-6-4-13(5-7-14)19(21)22/h4-7,15,17H,2-3,8-12H2,1H3. The number of hydrogen-bond donors (Lipinski definition) is 1. The first-order chi connectivity index (χ1) is 11.1. The van der Waals surface area contributed by atoms with E-state index in [1.807, 2.05) is 11.9 Å². The van der Waals surface area contributed by atoms with E-state index in [4.69, 9.17) is 4.74 Å². The van der Waals surface area contributed by atoms with Crippen molar-refractivity contribution in [1.29, 1.82) is 0 Å². The summed E-state index contributed by atoms with van der Waals surface area (Å²) in [6.07, 6.45) is 3.06. The van der Waals surface area contributed by atoms with Crippen molar-refractivity contribution in [3.05, 3.63) is 34.4 Å². The van der Waals surface area contributed by atoms with Crippen LogP contribution in [0.4, 0.5) is 5.69 Å². The van der Waals surface area contributed by atoms with Crippen molar-refractivity contribution in [2.45, 2.75) is 31.8 Å². The van der Waals surface area contributed by atoms with E-state index in [1.165, 1.54) is 12.1 Å². The van der Waals surface area contributed by atoms with Gasteiger partial charge in [0.1, 0.15) is 11.9 Å². The Kier molecular flexibility index (Phi) is 6.34. The molecule has 0 aromatic heterocycles. The number of nitro benzene ring substituents is 1. The molecule has 23 heavy (non-hydrogen) atoms. The quantitative estimate of drug-likeness (QED) is 0.471. The minimum absolute atomic E-state index is 0.0535. The van der Waals surface area contributed by atoms with Gasteiger partial charge in [0.2, 0.25) is 5.91 Å². The van der Waals surface area contributed by atoms with Gasteiger partial charge in [0.15, 0.2) is 0 Å². The van der Waals surface area contributed by atoms with E-state index in [2.05, 4.69) is 5.32 Å². The highest BCUT2D eigenvalue weighted by atomic mass is 16.6. The predicted molar refractivity (Wildman–Crippen MR) is 86.5 cm³/mol. The maximum absolute atomic E-state index is 12.0. The van der Waals surface area contributed by atoms with Gasteiger partial charge in [-0.25, -0.2) is 0 Å². The summed E-state index contributed by atoms with van der Waals surface area (Å²) in [6.45, 7) is 2.26. The first-order valence-corrected chi connectivity index (χ1v) is 7.93. The fourth-order valence-corrected chi connectivity index (χ4v) is 2.64. The molecule has 0 radical (unpaired) electrons. The second-order valence-electron chi connectivity index (χ2n) is 5.66. The molecule has 1 heterocycles. The van der Waals surface area contributed by atoms with E-state index in [9.17, 15) is 14.9 Å². The minimum Gasteiger partial charge on any atom is -0.490 e. The van der Waals surface area contributed by atoms with Gasteiger partial charge in [-0.15, -0.1) is 0 Å². The molecule has 1 amide bonds. The molecule has 1 saturated heterocycles. The molecule has 0 unspecified atom stereocenters. The fourth-order valence-electron chi connectivity index (χ4n) is 2.64. The van der Waals surface area contributed by atoms with Crippen molar-refractivity contribution in [3.63, 3.8) is 0 Å². The molecule has 0 atom stereocenters. The molecule has 1 aromatic carbocycles. The number of nitro groups is 1. The molecule has 7 nitrogen and oxygen atoms in total. The van der Waals surface area contributed by atoms with Crippen LogP contribution >= 0.6 is 0 Å². The van der Waals surface area contributed by atoms with Gasteiger partial charge in [-0.2, -0.15) is 0 Å². The van der Waals surface area contributed by atoms with Gasteiger partial charge >= 0.3 is 0 Å². The number of ether oxygens (including phenoxy) is 1. The lowest BCUT2D eigenvalue weighted by Crippen LogP contribution is -2.41. The number of nitrogens with zero attached hydrogens (tertiary/aromatic N) is 2. The Morgan fingerprint density at radius 2 is 2.00 bits per heavy atom. The van der Waals surface area contributed by atoms with Crippen LogP contribution in [0, 0.1) is 10.1 Å². The third-order valence-electron chi connectivity index (χ3n) is 3.96. The van der Waals surface area contributed by atoms with E-state index < -0.39 is 4.92 Å². The molecule has 7 heteroatoms. The Morgan fingerprint density at radius 3 is 2.57 bits per heavy atom. The third kappa shape index (κ3) is 5.21. The summed E-state index contributed by atoms with van der Waals surface area (Å²) in [7, 11) is 1.88. The number of carbonyl (C=O) groups is 1. The monoisotopic (exact) mass is 321 g/mol. The van der Waals surface area contributed by atoms with Gasteiger partial charge in [-0.1, -0.05) is 0 Å². The van der Waals surface area contributed by atoms with Crippen LogP contribution in [0.2, 0.25) is 0 Å². The van der Waals surface area contributed by atoms with Crippen LogP contribution < -0.4 is 10.1 Å². The number of non-ortho nitro benzene ring substituents is 1. The molecule has 2 rings (SSSR count). The summed E-state index contributed by atoms with van der Waals surface area (Å²) in [6, 6.07) is 6.12. The molecule has 1 aliphatic rings. The van der Waals surface area contributed by atoms with Crippen molar-refractivity contribution in [3.8, 4) is 5.75 Å². The molecule has 1 fully saturated rings.